The normalized spacial score (nSPS) is 29.6. The van der Waals surface area contributed by atoms with Crippen LogP contribution in [0.25, 0.3) is 0 Å². The highest BCUT2D eigenvalue weighted by molar-refractivity contribution is 7.80. The molecule has 2 fully saturated rings. The second kappa shape index (κ2) is 8.07. The number of anilines is 1. The second-order valence-corrected chi connectivity index (χ2v) is 7.31. The molecule has 1 aromatic rings. The highest BCUT2D eigenvalue weighted by Crippen LogP contribution is 2.39. The summed E-state index contributed by atoms with van der Waals surface area (Å²) in [5, 5.41) is 16.2. The molecule has 2 aliphatic rings. The lowest BCUT2D eigenvalue weighted by Gasteiger charge is -2.30. The van der Waals surface area contributed by atoms with Gasteiger partial charge in [0.15, 0.2) is 29.4 Å². The molecule has 3 rings (SSSR count). The van der Waals surface area contributed by atoms with Gasteiger partial charge in [-0.15, -0.1) is 0 Å². The third kappa shape index (κ3) is 4.74. The van der Waals surface area contributed by atoms with Gasteiger partial charge in [0.05, 0.1) is 12.6 Å². The van der Waals surface area contributed by atoms with E-state index in [9.17, 15) is 9.90 Å². The van der Waals surface area contributed by atoms with E-state index < -0.39 is 42.4 Å². The number of para-hydroxylation sites is 1. The van der Waals surface area contributed by atoms with Crippen LogP contribution in [0.4, 0.5) is 5.69 Å². The van der Waals surface area contributed by atoms with Gasteiger partial charge in [0.1, 0.15) is 6.10 Å². The molecule has 0 saturated carbocycles. The number of benzene rings is 1. The maximum absolute atomic E-state index is 11.6. The van der Waals surface area contributed by atoms with Gasteiger partial charge in [-0.25, -0.2) is 0 Å². The number of aliphatic hydroxyl groups excluding tert-OH is 1. The summed E-state index contributed by atoms with van der Waals surface area (Å²) in [5.74, 6) is -1.31. The zero-order chi connectivity index (χ0) is 19.6. The number of hydrogen-bond acceptors (Lipinski definition) is 7. The topological polar surface area (TPSA) is 98.3 Å². The second-order valence-electron chi connectivity index (χ2n) is 6.90. The van der Waals surface area contributed by atoms with Gasteiger partial charge in [-0.05, 0) is 38.2 Å². The predicted octanol–water partition coefficient (Wildman–Crippen LogP) is 1.14. The Bertz CT molecular complexity index is 686. The first kappa shape index (κ1) is 20.0. The molecule has 8 nitrogen and oxygen atoms in total. The lowest BCUT2D eigenvalue weighted by atomic mass is 10.0. The monoisotopic (exact) mass is 396 g/mol. The fourth-order valence-electron chi connectivity index (χ4n) is 3.24. The van der Waals surface area contributed by atoms with Gasteiger partial charge in [-0.3, -0.25) is 4.79 Å². The van der Waals surface area contributed by atoms with Gasteiger partial charge in [0.25, 0.3) is 0 Å². The number of ether oxygens (including phenoxy) is 4. The van der Waals surface area contributed by atoms with Crippen molar-refractivity contribution in [3.05, 3.63) is 30.3 Å². The molecule has 2 saturated heterocycles. The van der Waals surface area contributed by atoms with E-state index >= 15 is 0 Å². The van der Waals surface area contributed by atoms with E-state index in [4.69, 9.17) is 31.2 Å². The average Bonchev–Trinajstić information content (AvgIpc) is 3.06. The van der Waals surface area contributed by atoms with E-state index in [1.54, 1.807) is 13.8 Å². The Hall–Kier alpha value is -1.78. The van der Waals surface area contributed by atoms with Crippen LogP contribution >= 0.6 is 12.2 Å². The van der Waals surface area contributed by atoms with Gasteiger partial charge in [-0.1, -0.05) is 18.2 Å². The summed E-state index contributed by atoms with van der Waals surface area (Å²) in [6.07, 6.45) is -2.71. The van der Waals surface area contributed by atoms with E-state index in [2.05, 4.69) is 10.6 Å². The average molecular weight is 396 g/mol. The van der Waals surface area contributed by atoms with Crippen LogP contribution in [0.3, 0.4) is 0 Å². The molecule has 0 spiro atoms. The summed E-state index contributed by atoms with van der Waals surface area (Å²) in [4.78, 5) is 11.6. The largest absolute Gasteiger partial charge is 0.457 e. The Kier molecular flexibility index (Phi) is 5.97. The first-order valence-electron chi connectivity index (χ1n) is 8.71. The minimum absolute atomic E-state index is 0.290. The summed E-state index contributed by atoms with van der Waals surface area (Å²) in [6.45, 7) is 4.54. The Morgan fingerprint density at radius 3 is 2.67 bits per heavy atom. The van der Waals surface area contributed by atoms with Crippen molar-refractivity contribution < 1.29 is 28.8 Å². The van der Waals surface area contributed by atoms with Crippen LogP contribution < -0.4 is 10.6 Å². The SMILES string of the molecule is CC(=O)O[C@@H]1[C@H]2OC(C)(C)O[C@H]2O[C@@H]1[C@@H](CO)NC(=S)Nc1ccccc1. The maximum Gasteiger partial charge on any atom is 0.303 e. The lowest BCUT2D eigenvalue weighted by Crippen LogP contribution is -2.53. The molecule has 27 heavy (non-hydrogen) atoms. The van der Waals surface area contributed by atoms with E-state index in [1.165, 1.54) is 6.92 Å². The fraction of sp³-hybridized carbons (Fsp3) is 0.556. The minimum atomic E-state index is -0.842. The molecule has 0 aliphatic carbocycles. The summed E-state index contributed by atoms with van der Waals surface area (Å²) in [7, 11) is 0. The van der Waals surface area contributed by atoms with Crippen LogP contribution in [-0.4, -0.2) is 59.2 Å². The van der Waals surface area contributed by atoms with Crippen LogP contribution in [0.5, 0.6) is 0 Å². The van der Waals surface area contributed by atoms with Crippen molar-refractivity contribution in [1.82, 2.24) is 5.32 Å². The zero-order valence-corrected chi connectivity index (χ0v) is 16.2. The highest BCUT2D eigenvalue weighted by Gasteiger charge is 2.58. The van der Waals surface area contributed by atoms with E-state index in [0.717, 1.165) is 5.69 Å². The Labute approximate surface area is 163 Å². The van der Waals surface area contributed by atoms with Gasteiger partial charge < -0.3 is 34.7 Å². The molecule has 0 radical (unpaired) electrons. The highest BCUT2D eigenvalue weighted by atomic mass is 32.1. The number of hydrogen-bond donors (Lipinski definition) is 3. The molecule has 9 heteroatoms. The predicted molar refractivity (Wildman–Crippen MR) is 101 cm³/mol. The molecule has 2 heterocycles. The maximum atomic E-state index is 11.6. The molecule has 3 N–H and O–H groups in total. The molecule has 0 unspecified atom stereocenters. The number of rotatable bonds is 5. The van der Waals surface area contributed by atoms with Gasteiger partial charge >= 0.3 is 5.97 Å². The molecule has 2 aliphatic heterocycles. The van der Waals surface area contributed by atoms with Gasteiger partial charge in [0.2, 0.25) is 0 Å². The third-order valence-corrected chi connectivity index (χ3v) is 4.49. The van der Waals surface area contributed by atoms with Crippen molar-refractivity contribution in [1.29, 1.82) is 0 Å². The molecule has 0 aromatic heterocycles. The molecular weight excluding hydrogens is 372 g/mol. The first-order chi connectivity index (χ1) is 12.8. The number of thiocarbonyl (C=S) groups is 1. The number of carbonyl (C=O) groups is 1. The number of nitrogens with one attached hydrogen (secondary N) is 2. The number of carbonyl (C=O) groups excluding carboxylic acids is 1. The van der Waals surface area contributed by atoms with Crippen molar-refractivity contribution in [3.8, 4) is 0 Å². The molecule has 1 aromatic carbocycles. The molecule has 0 amide bonds. The van der Waals surface area contributed by atoms with E-state index in [1.807, 2.05) is 30.3 Å². The molecule has 5 atom stereocenters. The van der Waals surface area contributed by atoms with Crippen LogP contribution in [0.1, 0.15) is 20.8 Å². The van der Waals surface area contributed by atoms with Crippen molar-refractivity contribution in [2.24, 2.45) is 0 Å². The van der Waals surface area contributed by atoms with Crippen LogP contribution in [0.2, 0.25) is 0 Å². The van der Waals surface area contributed by atoms with Gasteiger partial charge in [-0.2, -0.15) is 0 Å². The van der Waals surface area contributed by atoms with E-state index in [0.29, 0.717) is 5.11 Å². The fourth-order valence-corrected chi connectivity index (χ4v) is 3.51. The van der Waals surface area contributed by atoms with Crippen molar-refractivity contribution in [2.45, 2.75) is 57.2 Å². The first-order valence-corrected chi connectivity index (χ1v) is 9.11. The Morgan fingerprint density at radius 2 is 2.04 bits per heavy atom. The van der Waals surface area contributed by atoms with Crippen molar-refractivity contribution >= 4 is 29.0 Å². The van der Waals surface area contributed by atoms with Crippen molar-refractivity contribution in [2.75, 3.05) is 11.9 Å². The molecule has 148 valence electrons. The molecular formula is C18H24N2O6S. The summed E-state index contributed by atoms with van der Waals surface area (Å²) < 4.78 is 22.9. The Morgan fingerprint density at radius 1 is 1.33 bits per heavy atom. The standard InChI is InChI=1S/C18H24N2O6S/c1-10(22)23-14-13(24-16-15(14)25-18(2,3)26-16)12(9-21)20-17(27)19-11-7-5-4-6-8-11/h4-8,12-16,21H,9H2,1-3H3,(H2,19,20,27)/t12-,13-,14+,15-,16-/m1/s1. The smallest absolute Gasteiger partial charge is 0.303 e. The zero-order valence-electron chi connectivity index (χ0n) is 15.4. The Balaban J connectivity index is 1.69. The van der Waals surface area contributed by atoms with Crippen LogP contribution in [0, 0.1) is 0 Å². The number of aliphatic hydroxyl groups is 1. The van der Waals surface area contributed by atoms with E-state index in [-0.39, 0.29) is 6.61 Å². The molecule has 0 bridgehead atoms. The lowest BCUT2D eigenvalue weighted by molar-refractivity contribution is -0.222. The summed E-state index contributed by atoms with van der Waals surface area (Å²) in [6, 6.07) is 8.76. The quantitative estimate of drug-likeness (QED) is 0.500. The summed E-state index contributed by atoms with van der Waals surface area (Å²) in [5.41, 5.74) is 0.806. The number of fused-ring (bicyclic) bond motifs is 1. The van der Waals surface area contributed by atoms with Crippen molar-refractivity contribution in [3.63, 3.8) is 0 Å². The van der Waals surface area contributed by atoms with Gasteiger partial charge in [0, 0.05) is 12.6 Å². The minimum Gasteiger partial charge on any atom is -0.457 e. The summed E-state index contributed by atoms with van der Waals surface area (Å²) >= 11 is 5.32. The van der Waals surface area contributed by atoms with Crippen LogP contribution in [-0.2, 0) is 23.7 Å². The van der Waals surface area contributed by atoms with Crippen LogP contribution in [0.15, 0.2) is 30.3 Å². The number of esters is 1. The third-order valence-electron chi connectivity index (χ3n) is 4.27.